The van der Waals surface area contributed by atoms with Crippen LogP contribution in [0.15, 0.2) is 12.7 Å². The Bertz CT molecular complexity index is 44.1. The molecule has 0 heterocycles. The molecule has 0 saturated carbocycles. The molecule has 0 aromatic heterocycles. The van der Waals surface area contributed by atoms with E-state index >= 15 is 0 Å². The summed E-state index contributed by atoms with van der Waals surface area (Å²) in [6, 6.07) is 1.10. The maximum atomic E-state index is 5.71. The van der Waals surface area contributed by atoms with Crippen molar-refractivity contribution < 1.29 is 0 Å². The van der Waals surface area contributed by atoms with Crippen molar-refractivity contribution in [3.05, 3.63) is 12.7 Å². The molecule has 0 aliphatic rings. The van der Waals surface area contributed by atoms with Gasteiger partial charge in [-0.25, -0.2) is 0 Å². The summed E-state index contributed by atoms with van der Waals surface area (Å²) < 4.78 is 0. The van der Waals surface area contributed by atoms with Gasteiger partial charge in [-0.15, -0.1) is 6.58 Å². The molecule has 36 valence electrons. The molecule has 0 saturated heterocycles. The lowest BCUT2D eigenvalue weighted by molar-refractivity contribution is 1.74. The van der Waals surface area contributed by atoms with Crippen LogP contribution in [0.25, 0.3) is 0 Å². The SMILES string of the molecule is C=CC[SiH]([SiH3])Cl. The molecule has 0 aromatic carbocycles. The van der Waals surface area contributed by atoms with Crippen LogP contribution in [-0.4, -0.2) is 17.4 Å². The van der Waals surface area contributed by atoms with Gasteiger partial charge in [0.1, 0.15) is 7.62 Å². The molecule has 0 radical (unpaired) electrons. The fraction of sp³-hybridized carbons (Fsp3) is 0.333. The number of allylic oxidation sites excluding steroid dienone is 1. The van der Waals surface area contributed by atoms with E-state index in [2.05, 4.69) is 6.58 Å². The van der Waals surface area contributed by atoms with Gasteiger partial charge in [-0.1, -0.05) is 6.08 Å². The molecule has 1 atom stereocenters. The molecule has 0 aromatic rings. The van der Waals surface area contributed by atoms with E-state index in [1.807, 2.05) is 6.08 Å². The zero-order chi connectivity index (χ0) is 4.99. The van der Waals surface area contributed by atoms with Crippen molar-refractivity contribution in [1.82, 2.24) is 0 Å². The van der Waals surface area contributed by atoms with Crippen LogP contribution in [0.4, 0.5) is 0 Å². The van der Waals surface area contributed by atoms with Crippen molar-refractivity contribution >= 4 is 28.5 Å². The molecule has 0 fully saturated rings. The third-order valence-electron chi connectivity index (χ3n) is 0.491. The zero-order valence-corrected chi connectivity index (χ0v) is 7.86. The molecule has 0 N–H and O–H groups in total. The van der Waals surface area contributed by atoms with Gasteiger partial charge in [0.15, 0.2) is 0 Å². The minimum absolute atomic E-state index is 0.677. The van der Waals surface area contributed by atoms with E-state index in [9.17, 15) is 0 Å². The lowest BCUT2D eigenvalue weighted by Gasteiger charge is -1.86. The summed E-state index contributed by atoms with van der Waals surface area (Å²) in [4.78, 5) is 0. The first-order valence-electron chi connectivity index (χ1n) is 2.02. The van der Waals surface area contributed by atoms with Crippen molar-refractivity contribution in [3.8, 4) is 0 Å². The lowest BCUT2D eigenvalue weighted by atomic mass is 10.8. The van der Waals surface area contributed by atoms with Crippen molar-refractivity contribution in [2.24, 2.45) is 0 Å². The Morgan fingerprint density at radius 2 is 2.50 bits per heavy atom. The van der Waals surface area contributed by atoms with Crippen LogP contribution in [0.5, 0.6) is 0 Å². The van der Waals surface area contributed by atoms with Crippen molar-refractivity contribution in [1.29, 1.82) is 0 Å². The summed E-state index contributed by atoms with van der Waals surface area (Å²) in [7, 11) is 0.534. The van der Waals surface area contributed by atoms with Gasteiger partial charge in [-0.05, 0) is 6.04 Å². The van der Waals surface area contributed by atoms with Crippen LogP contribution >= 0.6 is 11.1 Å². The molecule has 0 spiro atoms. The standard InChI is InChI=1S/C3H9ClSi2/c1-2-3-6(4)5/h2,6H,1,3H2,5H3. The summed E-state index contributed by atoms with van der Waals surface area (Å²) in [6.45, 7) is 3.57. The Balaban J connectivity index is 2.81. The van der Waals surface area contributed by atoms with E-state index in [1.165, 1.54) is 9.76 Å². The predicted molar refractivity (Wildman–Crippen MR) is 37.9 cm³/mol. The Morgan fingerprint density at radius 3 is 2.50 bits per heavy atom. The van der Waals surface area contributed by atoms with E-state index < -0.39 is 7.62 Å². The topological polar surface area (TPSA) is 0 Å². The highest BCUT2D eigenvalue weighted by Crippen LogP contribution is 1.90. The van der Waals surface area contributed by atoms with Gasteiger partial charge in [0.2, 0.25) is 0 Å². The number of rotatable bonds is 2. The fourth-order valence-electron chi connectivity index (χ4n) is 0.230. The first-order valence-corrected chi connectivity index (χ1v) is 9.20. The number of hydrogen-bond donors (Lipinski definition) is 0. The lowest BCUT2D eigenvalue weighted by Crippen LogP contribution is -1.98. The average Bonchev–Trinajstić information content (AvgIpc) is 1.35. The van der Waals surface area contributed by atoms with Crippen molar-refractivity contribution in [2.45, 2.75) is 6.04 Å². The van der Waals surface area contributed by atoms with Crippen LogP contribution in [0.2, 0.25) is 6.04 Å². The highest BCUT2D eigenvalue weighted by molar-refractivity contribution is 7.31. The fourth-order valence-corrected chi connectivity index (χ4v) is 2.07. The Kier molecular flexibility index (Phi) is 3.93. The van der Waals surface area contributed by atoms with Crippen LogP contribution < -0.4 is 0 Å². The minimum atomic E-state index is -0.677. The smallest absolute Gasteiger partial charge is 0.124 e. The van der Waals surface area contributed by atoms with E-state index in [0.29, 0.717) is 0 Å². The summed E-state index contributed by atoms with van der Waals surface area (Å²) in [5.74, 6) is 0. The molecular weight excluding hydrogens is 128 g/mol. The summed E-state index contributed by atoms with van der Waals surface area (Å²) >= 11 is 5.71. The van der Waals surface area contributed by atoms with E-state index in [-0.39, 0.29) is 0 Å². The molecule has 0 aliphatic carbocycles. The van der Waals surface area contributed by atoms with Crippen LogP contribution in [0.1, 0.15) is 0 Å². The summed E-state index contributed by atoms with van der Waals surface area (Å²) in [5.41, 5.74) is 0. The first kappa shape index (κ1) is 6.46. The van der Waals surface area contributed by atoms with Crippen LogP contribution in [-0.2, 0) is 0 Å². The Labute approximate surface area is 47.7 Å². The van der Waals surface area contributed by atoms with E-state index in [4.69, 9.17) is 11.1 Å². The van der Waals surface area contributed by atoms with Gasteiger partial charge in [0.05, 0.1) is 0 Å². The maximum Gasteiger partial charge on any atom is 0.124 e. The molecule has 3 heteroatoms. The van der Waals surface area contributed by atoms with Crippen molar-refractivity contribution in [2.75, 3.05) is 0 Å². The first-order chi connectivity index (χ1) is 2.77. The van der Waals surface area contributed by atoms with Crippen LogP contribution in [0, 0.1) is 0 Å². The predicted octanol–water partition coefficient (Wildman–Crippen LogP) is -0.00290. The van der Waals surface area contributed by atoms with Gasteiger partial charge in [0, 0.05) is 9.76 Å². The largest absolute Gasteiger partial charge is 0.176 e. The molecule has 6 heavy (non-hydrogen) atoms. The van der Waals surface area contributed by atoms with E-state index in [1.54, 1.807) is 0 Å². The molecule has 0 nitrogen and oxygen atoms in total. The number of hydrogen-bond acceptors (Lipinski definition) is 0. The second-order valence-electron chi connectivity index (χ2n) is 1.31. The van der Waals surface area contributed by atoms with Crippen molar-refractivity contribution in [3.63, 3.8) is 0 Å². The normalized spacial score (nSPS) is 14.2. The van der Waals surface area contributed by atoms with Gasteiger partial charge in [0.25, 0.3) is 0 Å². The molecule has 0 aliphatic heterocycles. The molecule has 1 unspecified atom stereocenters. The quantitative estimate of drug-likeness (QED) is 0.285. The Hall–Kier alpha value is 0.464. The maximum absolute atomic E-state index is 5.71. The summed E-state index contributed by atoms with van der Waals surface area (Å²) in [6.07, 6.45) is 1.91. The number of halogens is 1. The second kappa shape index (κ2) is 3.65. The molecule has 0 rings (SSSR count). The zero-order valence-electron chi connectivity index (χ0n) is 3.95. The molecular formula is C3H9ClSi2. The average molecular weight is 137 g/mol. The van der Waals surface area contributed by atoms with Crippen LogP contribution in [0.3, 0.4) is 0 Å². The van der Waals surface area contributed by atoms with Gasteiger partial charge >= 0.3 is 0 Å². The van der Waals surface area contributed by atoms with Gasteiger partial charge < -0.3 is 0 Å². The minimum Gasteiger partial charge on any atom is -0.176 e. The van der Waals surface area contributed by atoms with Gasteiger partial charge in [-0.3, -0.25) is 0 Å². The molecule has 0 amide bonds. The second-order valence-corrected chi connectivity index (χ2v) is 12.0. The summed E-state index contributed by atoms with van der Waals surface area (Å²) in [5, 5.41) is 0. The third-order valence-corrected chi connectivity index (χ3v) is 3.42. The highest BCUT2D eigenvalue weighted by atomic mass is 35.6. The highest BCUT2D eigenvalue weighted by Gasteiger charge is 1.89. The Morgan fingerprint density at radius 1 is 2.00 bits per heavy atom. The molecule has 0 bridgehead atoms. The van der Waals surface area contributed by atoms with E-state index in [0.717, 1.165) is 6.04 Å². The third kappa shape index (κ3) is 4.46. The van der Waals surface area contributed by atoms with Gasteiger partial charge in [-0.2, -0.15) is 11.1 Å². The monoisotopic (exact) mass is 136 g/mol.